The molecule has 2 fully saturated rings. The number of nitrogens with one attached hydrogen (secondary N) is 1. The molecule has 132 valence electrons. The van der Waals surface area contributed by atoms with Crippen molar-refractivity contribution in [3.8, 4) is 5.75 Å². The minimum Gasteiger partial charge on any atom is -0.492 e. The summed E-state index contributed by atoms with van der Waals surface area (Å²) in [6.45, 7) is 2.43. The number of halogens is 1. The van der Waals surface area contributed by atoms with Gasteiger partial charge in [-0.05, 0) is 78.1 Å². The van der Waals surface area contributed by atoms with Crippen molar-refractivity contribution < 1.29 is 9.53 Å². The lowest BCUT2D eigenvalue weighted by atomic mass is 9.67. The van der Waals surface area contributed by atoms with Gasteiger partial charge >= 0.3 is 0 Å². The molecule has 1 amide bonds. The van der Waals surface area contributed by atoms with Crippen LogP contribution >= 0.6 is 15.9 Å². The predicted octanol–water partition coefficient (Wildman–Crippen LogP) is 3.55. The average molecular weight is 395 g/mol. The number of amides is 1. The molecule has 3 N–H and O–H groups in total. The van der Waals surface area contributed by atoms with Gasteiger partial charge in [-0.25, -0.2) is 0 Å². The number of aryl methyl sites for hydroxylation is 1. The van der Waals surface area contributed by atoms with Crippen LogP contribution in [0.2, 0.25) is 0 Å². The van der Waals surface area contributed by atoms with E-state index < -0.39 is 0 Å². The summed E-state index contributed by atoms with van der Waals surface area (Å²) in [6.07, 6.45) is 6.16. The Morgan fingerprint density at radius 2 is 2.04 bits per heavy atom. The third kappa shape index (κ3) is 4.31. The first-order chi connectivity index (χ1) is 11.5. The summed E-state index contributed by atoms with van der Waals surface area (Å²) < 4.78 is 6.66. The second-order valence-corrected chi connectivity index (χ2v) is 8.16. The molecule has 2 atom stereocenters. The molecule has 2 aliphatic rings. The predicted molar refractivity (Wildman–Crippen MR) is 99.0 cm³/mol. The van der Waals surface area contributed by atoms with Crippen molar-refractivity contribution in [3.05, 3.63) is 28.2 Å². The normalized spacial score (nSPS) is 29.1. The average Bonchev–Trinajstić information content (AvgIpc) is 2.50. The van der Waals surface area contributed by atoms with Crippen LogP contribution in [0.5, 0.6) is 5.75 Å². The summed E-state index contributed by atoms with van der Waals surface area (Å²) >= 11 is 3.49. The highest BCUT2D eigenvalue weighted by atomic mass is 79.9. The van der Waals surface area contributed by atoms with Gasteiger partial charge in [0.1, 0.15) is 5.75 Å². The summed E-state index contributed by atoms with van der Waals surface area (Å²) in [4.78, 5) is 12.3. The second-order valence-electron chi connectivity index (χ2n) is 7.31. The molecule has 2 unspecified atom stereocenters. The van der Waals surface area contributed by atoms with E-state index in [9.17, 15) is 4.79 Å². The molecule has 2 bridgehead atoms. The summed E-state index contributed by atoms with van der Waals surface area (Å²) in [7, 11) is 0. The molecule has 4 nitrogen and oxygen atoms in total. The molecular formula is C19H27BrN2O2. The third-order valence-electron chi connectivity index (χ3n) is 5.38. The molecule has 2 aliphatic carbocycles. The van der Waals surface area contributed by atoms with Gasteiger partial charge in [-0.15, -0.1) is 0 Å². The van der Waals surface area contributed by atoms with Gasteiger partial charge in [-0.1, -0.05) is 12.5 Å². The lowest BCUT2D eigenvalue weighted by Crippen LogP contribution is -2.53. The minimum absolute atomic E-state index is 0.0932. The van der Waals surface area contributed by atoms with Crippen molar-refractivity contribution in [3.63, 3.8) is 0 Å². The summed E-state index contributed by atoms with van der Waals surface area (Å²) in [5, 5.41) is 3.27. The van der Waals surface area contributed by atoms with Crippen LogP contribution in [0.4, 0.5) is 0 Å². The van der Waals surface area contributed by atoms with E-state index in [1.165, 1.54) is 24.8 Å². The van der Waals surface area contributed by atoms with E-state index in [1.54, 1.807) is 0 Å². The zero-order chi connectivity index (χ0) is 17.1. The monoisotopic (exact) mass is 394 g/mol. The maximum Gasteiger partial charge on any atom is 0.223 e. The van der Waals surface area contributed by atoms with E-state index in [0.29, 0.717) is 36.9 Å². The molecule has 0 radical (unpaired) electrons. The van der Waals surface area contributed by atoms with E-state index in [2.05, 4.69) is 21.2 Å². The number of benzene rings is 1. The van der Waals surface area contributed by atoms with Gasteiger partial charge in [0.15, 0.2) is 0 Å². The van der Waals surface area contributed by atoms with Crippen molar-refractivity contribution in [1.29, 1.82) is 0 Å². The van der Waals surface area contributed by atoms with Crippen LogP contribution in [0, 0.1) is 18.8 Å². The molecule has 5 heteroatoms. The Balaban J connectivity index is 1.47. The fourth-order valence-corrected chi connectivity index (χ4v) is 4.87. The largest absolute Gasteiger partial charge is 0.492 e. The zero-order valence-electron chi connectivity index (χ0n) is 14.3. The Labute approximate surface area is 152 Å². The Bertz CT molecular complexity index is 579. The van der Waals surface area contributed by atoms with Crippen molar-refractivity contribution in [2.75, 3.05) is 6.61 Å². The van der Waals surface area contributed by atoms with Gasteiger partial charge in [-0.2, -0.15) is 0 Å². The van der Waals surface area contributed by atoms with Gasteiger partial charge in [0.25, 0.3) is 0 Å². The summed E-state index contributed by atoms with van der Waals surface area (Å²) in [5.74, 6) is 2.00. The Hall–Kier alpha value is -1.07. The molecule has 0 heterocycles. The first-order valence-corrected chi connectivity index (χ1v) is 9.76. The van der Waals surface area contributed by atoms with E-state index in [0.717, 1.165) is 23.1 Å². The standard InChI is InChI=1S/C19H27BrN2O2/c1-12-5-6-17(16(20)9-12)24-8-7-18(23)22-19-13-3-2-4-14(19)11-15(21)10-13/h5-6,9,13-15,19H,2-4,7-8,10-11,21H2,1H3,(H,22,23). The van der Waals surface area contributed by atoms with E-state index >= 15 is 0 Å². The Morgan fingerprint density at radius 3 is 2.71 bits per heavy atom. The maximum atomic E-state index is 12.3. The van der Waals surface area contributed by atoms with Crippen molar-refractivity contribution in [2.45, 2.75) is 57.5 Å². The molecule has 3 rings (SSSR count). The Kier molecular flexibility index (Phi) is 5.82. The highest BCUT2D eigenvalue weighted by Gasteiger charge is 2.39. The van der Waals surface area contributed by atoms with Crippen molar-refractivity contribution in [1.82, 2.24) is 5.32 Å². The van der Waals surface area contributed by atoms with Crippen molar-refractivity contribution >= 4 is 21.8 Å². The van der Waals surface area contributed by atoms with E-state index in [4.69, 9.17) is 10.5 Å². The molecule has 0 spiro atoms. The molecule has 0 aliphatic heterocycles. The smallest absolute Gasteiger partial charge is 0.223 e. The van der Waals surface area contributed by atoms with Crippen LogP contribution in [0.15, 0.2) is 22.7 Å². The highest BCUT2D eigenvalue weighted by molar-refractivity contribution is 9.10. The lowest BCUT2D eigenvalue weighted by molar-refractivity contribution is -0.123. The van der Waals surface area contributed by atoms with Gasteiger partial charge in [0.05, 0.1) is 17.5 Å². The van der Waals surface area contributed by atoms with Gasteiger partial charge in [0, 0.05) is 12.1 Å². The minimum atomic E-state index is 0.0932. The highest BCUT2D eigenvalue weighted by Crippen LogP contribution is 2.39. The zero-order valence-corrected chi connectivity index (χ0v) is 15.8. The lowest BCUT2D eigenvalue weighted by Gasteiger charge is -2.45. The second kappa shape index (κ2) is 7.87. The van der Waals surface area contributed by atoms with Crippen molar-refractivity contribution in [2.24, 2.45) is 17.6 Å². The van der Waals surface area contributed by atoms with Crippen LogP contribution in [-0.4, -0.2) is 24.6 Å². The van der Waals surface area contributed by atoms with Crippen LogP contribution in [0.3, 0.4) is 0 Å². The number of nitrogens with two attached hydrogens (primary N) is 1. The molecule has 1 aromatic carbocycles. The number of rotatable bonds is 5. The quantitative estimate of drug-likeness (QED) is 0.802. The fourth-order valence-electron chi connectivity index (χ4n) is 4.26. The summed E-state index contributed by atoms with van der Waals surface area (Å²) in [5.41, 5.74) is 7.33. The maximum absolute atomic E-state index is 12.3. The van der Waals surface area contributed by atoms with Gasteiger partial charge in [0.2, 0.25) is 5.91 Å². The fraction of sp³-hybridized carbons (Fsp3) is 0.632. The Morgan fingerprint density at radius 1 is 1.33 bits per heavy atom. The van der Waals surface area contributed by atoms with Gasteiger partial charge < -0.3 is 15.8 Å². The SMILES string of the molecule is Cc1ccc(OCCC(=O)NC2C3CCCC2CC(N)C3)c(Br)c1. The topological polar surface area (TPSA) is 64.3 Å². The van der Waals surface area contributed by atoms with Crippen LogP contribution in [0.1, 0.15) is 44.1 Å². The first-order valence-electron chi connectivity index (χ1n) is 8.97. The molecule has 0 aromatic heterocycles. The third-order valence-corrected chi connectivity index (χ3v) is 6.00. The molecule has 24 heavy (non-hydrogen) atoms. The van der Waals surface area contributed by atoms with Crippen LogP contribution < -0.4 is 15.8 Å². The summed E-state index contributed by atoms with van der Waals surface area (Å²) in [6, 6.07) is 6.59. The number of carbonyl (C=O) groups is 1. The number of hydrogen-bond donors (Lipinski definition) is 2. The number of hydrogen-bond acceptors (Lipinski definition) is 3. The van der Waals surface area contributed by atoms with Crippen LogP contribution in [0.25, 0.3) is 0 Å². The van der Waals surface area contributed by atoms with Gasteiger partial charge in [-0.3, -0.25) is 4.79 Å². The van der Waals surface area contributed by atoms with E-state index in [1.807, 2.05) is 25.1 Å². The molecule has 0 saturated heterocycles. The number of fused-ring (bicyclic) bond motifs is 2. The molecule has 2 saturated carbocycles. The van der Waals surface area contributed by atoms with E-state index in [-0.39, 0.29) is 5.91 Å². The molecule has 1 aromatic rings. The van der Waals surface area contributed by atoms with Crippen LogP contribution in [-0.2, 0) is 4.79 Å². The number of ether oxygens (including phenoxy) is 1. The number of carbonyl (C=O) groups excluding carboxylic acids is 1. The molecular weight excluding hydrogens is 368 g/mol. The first kappa shape index (κ1) is 17.7.